The van der Waals surface area contributed by atoms with E-state index in [4.69, 9.17) is 20.2 Å². The molecule has 0 aliphatic carbocycles. The summed E-state index contributed by atoms with van der Waals surface area (Å²) in [6.07, 6.45) is 2.29. The van der Waals surface area contributed by atoms with E-state index in [1.165, 1.54) is 12.4 Å². The standard InChI is InChI=1S/C22H21FN6O3/c1-12(20(24)30)32-14-9-17-19-18(10-14)31-7-3-2-6-29(19)22(27-17)13-4-5-15(16(23)8-13)21-25-11-26-28-21/h4-5,8-12H,2-3,6-7H2,1H3,(H2,24,30)(H,25,26,28). The molecule has 9 nitrogen and oxygen atoms in total. The summed E-state index contributed by atoms with van der Waals surface area (Å²) < 4.78 is 28.6. The maximum absolute atomic E-state index is 14.9. The van der Waals surface area contributed by atoms with Crippen LogP contribution in [-0.4, -0.2) is 43.4 Å². The smallest absolute Gasteiger partial charge is 0.258 e. The van der Waals surface area contributed by atoms with E-state index >= 15 is 0 Å². The molecule has 164 valence electrons. The maximum atomic E-state index is 14.9. The van der Waals surface area contributed by atoms with Gasteiger partial charge in [0.05, 0.1) is 17.7 Å². The van der Waals surface area contributed by atoms with Crippen molar-refractivity contribution in [3.8, 4) is 34.3 Å². The Morgan fingerprint density at radius 1 is 1.31 bits per heavy atom. The molecule has 1 aliphatic heterocycles. The lowest BCUT2D eigenvalue weighted by atomic mass is 10.1. The first kappa shape index (κ1) is 20.0. The molecule has 4 aromatic rings. The predicted octanol–water partition coefficient (Wildman–Crippen LogP) is 3.05. The zero-order valence-electron chi connectivity index (χ0n) is 17.3. The minimum absolute atomic E-state index is 0.329. The van der Waals surface area contributed by atoms with Crippen LogP contribution in [0.15, 0.2) is 36.7 Å². The number of carbonyl (C=O) groups is 1. The molecule has 10 heteroatoms. The number of rotatable bonds is 5. The van der Waals surface area contributed by atoms with Crippen LogP contribution in [0.3, 0.4) is 0 Å². The van der Waals surface area contributed by atoms with Crippen LogP contribution >= 0.6 is 0 Å². The van der Waals surface area contributed by atoms with Crippen LogP contribution in [0.1, 0.15) is 19.8 Å². The van der Waals surface area contributed by atoms with Crippen molar-refractivity contribution in [3.05, 3.63) is 42.5 Å². The lowest BCUT2D eigenvalue weighted by Gasteiger charge is -2.18. The van der Waals surface area contributed by atoms with Crippen LogP contribution in [0.5, 0.6) is 11.5 Å². The maximum Gasteiger partial charge on any atom is 0.258 e. The molecule has 5 rings (SSSR count). The third-order valence-electron chi connectivity index (χ3n) is 5.42. The molecule has 0 radical (unpaired) electrons. The number of hydrogen-bond acceptors (Lipinski definition) is 6. The van der Waals surface area contributed by atoms with Crippen LogP contribution in [0, 0.1) is 5.82 Å². The van der Waals surface area contributed by atoms with Crippen molar-refractivity contribution in [3.63, 3.8) is 0 Å². The Kier molecular flexibility index (Phi) is 4.96. The molecule has 1 amide bonds. The summed E-state index contributed by atoms with van der Waals surface area (Å²) in [5, 5.41) is 6.45. The first-order chi connectivity index (χ1) is 15.5. The number of imidazole rings is 1. The average molecular weight is 436 g/mol. The van der Waals surface area contributed by atoms with E-state index in [0.717, 1.165) is 18.4 Å². The monoisotopic (exact) mass is 436 g/mol. The number of nitrogens with two attached hydrogens (primary N) is 1. The van der Waals surface area contributed by atoms with E-state index in [1.807, 2.05) is 4.57 Å². The fraction of sp³-hybridized carbons (Fsp3) is 0.273. The van der Waals surface area contributed by atoms with Crippen molar-refractivity contribution < 1.29 is 18.7 Å². The number of aryl methyl sites for hydroxylation is 1. The van der Waals surface area contributed by atoms with Gasteiger partial charge in [-0.1, -0.05) is 6.07 Å². The predicted molar refractivity (Wildman–Crippen MR) is 115 cm³/mol. The van der Waals surface area contributed by atoms with Crippen LogP contribution in [0.4, 0.5) is 4.39 Å². The van der Waals surface area contributed by atoms with Gasteiger partial charge in [-0.15, -0.1) is 0 Å². The number of H-pyrrole nitrogens is 1. The fourth-order valence-electron chi connectivity index (χ4n) is 3.82. The summed E-state index contributed by atoms with van der Waals surface area (Å²) in [5.74, 6) is 1.02. The zero-order chi connectivity index (χ0) is 22.2. The van der Waals surface area contributed by atoms with Crippen LogP contribution < -0.4 is 15.2 Å². The number of hydrogen-bond donors (Lipinski definition) is 2. The van der Waals surface area contributed by atoms with Gasteiger partial charge in [-0.2, -0.15) is 5.10 Å². The topological polar surface area (TPSA) is 121 Å². The molecule has 1 atom stereocenters. The van der Waals surface area contributed by atoms with Crippen LogP contribution in [0.25, 0.3) is 33.8 Å². The second-order valence-corrected chi connectivity index (χ2v) is 7.62. The van der Waals surface area contributed by atoms with E-state index < -0.39 is 17.8 Å². The largest absolute Gasteiger partial charge is 0.491 e. The Labute approximate surface area is 182 Å². The number of aromatic nitrogens is 5. The van der Waals surface area contributed by atoms with E-state index in [0.29, 0.717) is 52.9 Å². The Balaban J connectivity index is 1.63. The molecule has 0 spiro atoms. The highest BCUT2D eigenvalue weighted by atomic mass is 19.1. The van der Waals surface area contributed by atoms with Gasteiger partial charge >= 0.3 is 0 Å². The summed E-state index contributed by atoms with van der Waals surface area (Å²) in [7, 11) is 0. The SMILES string of the molecule is CC(Oc1cc2c3c(c1)nc(-c1ccc(-c4ncn[nH]4)c(F)c1)n3CCCCO2)C(N)=O. The van der Waals surface area contributed by atoms with Crippen LogP contribution in [-0.2, 0) is 11.3 Å². The van der Waals surface area contributed by atoms with E-state index in [1.54, 1.807) is 31.2 Å². The zero-order valence-corrected chi connectivity index (χ0v) is 17.3. The highest BCUT2D eigenvalue weighted by Gasteiger charge is 2.22. The third kappa shape index (κ3) is 3.53. The number of amides is 1. The van der Waals surface area contributed by atoms with E-state index in [9.17, 15) is 9.18 Å². The van der Waals surface area contributed by atoms with Gasteiger partial charge in [0, 0.05) is 24.2 Å². The van der Waals surface area contributed by atoms with Crippen LogP contribution in [0.2, 0.25) is 0 Å². The summed E-state index contributed by atoms with van der Waals surface area (Å²) >= 11 is 0. The lowest BCUT2D eigenvalue weighted by molar-refractivity contribution is -0.123. The number of nitrogens with one attached hydrogen (secondary N) is 1. The second kappa shape index (κ2) is 7.95. The molecule has 0 bridgehead atoms. The molecule has 2 aromatic carbocycles. The van der Waals surface area contributed by atoms with Gasteiger partial charge in [0.1, 0.15) is 35.0 Å². The van der Waals surface area contributed by atoms with Crippen molar-refractivity contribution in [1.29, 1.82) is 0 Å². The molecule has 3 N–H and O–H groups in total. The molecule has 0 saturated carbocycles. The molecule has 1 aliphatic rings. The Bertz CT molecular complexity index is 1300. The molecular formula is C22H21FN6O3. The highest BCUT2D eigenvalue weighted by molar-refractivity contribution is 5.88. The molecule has 0 fully saturated rings. The van der Waals surface area contributed by atoms with Gasteiger partial charge < -0.3 is 19.8 Å². The first-order valence-electron chi connectivity index (χ1n) is 10.3. The normalized spacial score (nSPS) is 14.4. The van der Waals surface area contributed by atoms with Crippen molar-refractivity contribution in [2.45, 2.75) is 32.4 Å². The minimum atomic E-state index is -0.799. The number of nitrogens with zero attached hydrogens (tertiary/aromatic N) is 4. The molecule has 2 aromatic heterocycles. The van der Waals surface area contributed by atoms with Gasteiger partial charge in [-0.3, -0.25) is 9.89 Å². The highest BCUT2D eigenvalue weighted by Crippen LogP contribution is 2.37. The minimum Gasteiger partial charge on any atom is -0.491 e. The number of halogens is 1. The third-order valence-corrected chi connectivity index (χ3v) is 5.42. The average Bonchev–Trinajstić information content (AvgIpc) is 3.39. The Morgan fingerprint density at radius 2 is 2.19 bits per heavy atom. The Morgan fingerprint density at radius 3 is 2.94 bits per heavy atom. The molecule has 0 saturated heterocycles. The second-order valence-electron chi connectivity index (χ2n) is 7.62. The Hall–Kier alpha value is -3.95. The van der Waals surface area contributed by atoms with Gasteiger partial charge in [-0.05, 0) is 31.9 Å². The summed E-state index contributed by atoms with van der Waals surface area (Å²) in [6.45, 7) is 2.86. The van der Waals surface area contributed by atoms with Gasteiger partial charge in [-0.25, -0.2) is 14.4 Å². The van der Waals surface area contributed by atoms with Crippen molar-refractivity contribution in [2.24, 2.45) is 5.73 Å². The molecular weight excluding hydrogens is 415 g/mol. The van der Waals surface area contributed by atoms with Crippen molar-refractivity contribution in [1.82, 2.24) is 24.7 Å². The molecule has 1 unspecified atom stereocenters. The number of ether oxygens (including phenoxy) is 2. The summed E-state index contributed by atoms with van der Waals surface area (Å²) in [4.78, 5) is 20.2. The lowest BCUT2D eigenvalue weighted by Crippen LogP contribution is -2.30. The van der Waals surface area contributed by atoms with Gasteiger partial charge in [0.2, 0.25) is 0 Å². The fourth-order valence-corrected chi connectivity index (χ4v) is 3.82. The van der Waals surface area contributed by atoms with Crippen molar-refractivity contribution in [2.75, 3.05) is 6.61 Å². The van der Waals surface area contributed by atoms with E-state index in [-0.39, 0.29) is 0 Å². The number of aromatic amines is 1. The number of primary amides is 1. The van der Waals surface area contributed by atoms with Crippen molar-refractivity contribution >= 4 is 16.9 Å². The number of carbonyl (C=O) groups excluding carboxylic acids is 1. The first-order valence-corrected chi connectivity index (χ1v) is 10.3. The summed E-state index contributed by atoms with van der Waals surface area (Å²) in [5.41, 5.74) is 7.72. The van der Waals surface area contributed by atoms with Gasteiger partial charge in [0.25, 0.3) is 5.91 Å². The molecule has 32 heavy (non-hydrogen) atoms. The number of benzene rings is 2. The quantitative estimate of drug-likeness (QED) is 0.496. The summed E-state index contributed by atoms with van der Waals surface area (Å²) in [6, 6.07) is 8.37. The van der Waals surface area contributed by atoms with E-state index in [2.05, 4.69) is 15.2 Å². The van der Waals surface area contributed by atoms with Gasteiger partial charge in [0.15, 0.2) is 11.9 Å². The molecule has 3 heterocycles.